The Morgan fingerprint density at radius 2 is 1.73 bits per heavy atom. The van der Waals surface area contributed by atoms with E-state index in [1.54, 1.807) is 35.2 Å². The SMILES string of the molecule is CCN(CC)C(=O)c1cccc(NC(=O)c2ccccc2CSc2nc3ccccc3o2)c1. The van der Waals surface area contributed by atoms with Crippen molar-refractivity contribution in [1.82, 2.24) is 9.88 Å². The molecule has 1 N–H and O–H groups in total. The van der Waals surface area contributed by atoms with Crippen LogP contribution in [0.1, 0.15) is 40.1 Å². The predicted octanol–water partition coefficient (Wildman–Crippen LogP) is 5.85. The second kappa shape index (κ2) is 10.4. The van der Waals surface area contributed by atoms with Crippen LogP contribution < -0.4 is 5.32 Å². The number of oxazole rings is 1. The lowest BCUT2D eigenvalue weighted by Gasteiger charge is -2.19. The molecule has 0 unspecified atom stereocenters. The van der Waals surface area contributed by atoms with E-state index in [4.69, 9.17) is 4.42 Å². The Morgan fingerprint density at radius 3 is 2.52 bits per heavy atom. The summed E-state index contributed by atoms with van der Waals surface area (Å²) in [4.78, 5) is 31.9. The van der Waals surface area contributed by atoms with Crippen molar-refractivity contribution in [2.75, 3.05) is 18.4 Å². The van der Waals surface area contributed by atoms with Gasteiger partial charge in [-0.3, -0.25) is 9.59 Å². The van der Waals surface area contributed by atoms with Gasteiger partial charge in [0.1, 0.15) is 5.52 Å². The number of para-hydroxylation sites is 2. The highest BCUT2D eigenvalue weighted by molar-refractivity contribution is 7.98. The van der Waals surface area contributed by atoms with E-state index in [0.717, 1.165) is 16.7 Å². The van der Waals surface area contributed by atoms with Gasteiger partial charge >= 0.3 is 0 Å². The van der Waals surface area contributed by atoms with E-state index in [9.17, 15) is 9.59 Å². The molecular weight excluding hydrogens is 434 g/mol. The summed E-state index contributed by atoms with van der Waals surface area (Å²) < 4.78 is 5.77. The average molecular weight is 460 g/mol. The third-order valence-corrected chi connectivity index (χ3v) is 6.18. The Morgan fingerprint density at radius 1 is 0.970 bits per heavy atom. The van der Waals surface area contributed by atoms with Crippen LogP contribution in [0.25, 0.3) is 11.1 Å². The number of aromatic nitrogens is 1. The van der Waals surface area contributed by atoms with Gasteiger partial charge in [0.15, 0.2) is 5.58 Å². The highest BCUT2D eigenvalue weighted by Gasteiger charge is 2.16. The van der Waals surface area contributed by atoms with E-state index >= 15 is 0 Å². The second-order valence-electron chi connectivity index (χ2n) is 7.41. The molecule has 0 radical (unpaired) electrons. The highest BCUT2D eigenvalue weighted by atomic mass is 32.2. The standard InChI is InChI=1S/C26H25N3O3S/c1-3-29(4-2)25(31)18-11-9-12-20(16-18)27-24(30)21-13-6-5-10-19(21)17-33-26-28-22-14-7-8-15-23(22)32-26/h5-16H,3-4,17H2,1-2H3,(H,27,30). The number of nitrogens with one attached hydrogen (secondary N) is 1. The summed E-state index contributed by atoms with van der Waals surface area (Å²) in [6.45, 7) is 5.17. The van der Waals surface area contributed by atoms with Gasteiger partial charge in [0.05, 0.1) is 0 Å². The Kier molecular flexibility index (Phi) is 7.10. The lowest BCUT2D eigenvalue weighted by atomic mass is 10.1. The number of anilines is 1. The van der Waals surface area contributed by atoms with Crippen LogP contribution >= 0.6 is 11.8 Å². The molecule has 0 aliphatic heterocycles. The van der Waals surface area contributed by atoms with E-state index in [1.165, 1.54) is 11.8 Å². The van der Waals surface area contributed by atoms with Crippen LogP contribution in [0.5, 0.6) is 0 Å². The largest absolute Gasteiger partial charge is 0.431 e. The van der Waals surface area contributed by atoms with Gasteiger partial charge in [-0.2, -0.15) is 0 Å². The van der Waals surface area contributed by atoms with Crippen molar-refractivity contribution in [3.63, 3.8) is 0 Å². The molecule has 0 saturated carbocycles. The number of hydrogen-bond acceptors (Lipinski definition) is 5. The molecule has 1 heterocycles. The predicted molar refractivity (Wildman–Crippen MR) is 132 cm³/mol. The van der Waals surface area contributed by atoms with Crippen LogP contribution in [-0.2, 0) is 5.75 Å². The van der Waals surface area contributed by atoms with Crippen LogP contribution in [0, 0.1) is 0 Å². The summed E-state index contributed by atoms with van der Waals surface area (Å²) in [7, 11) is 0. The van der Waals surface area contributed by atoms with Gasteiger partial charge in [-0.1, -0.05) is 48.2 Å². The maximum absolute atomic E-state index is 13.1. The van der Waals surface area contributed by atoms with Gasteiger partial charge < -0.3 is 14.6 Å². The number of benzene rings is 3. The minimum atomic E-state index is -0.226. The molecule has 4 rings (SSSR count). The summed E-state index contributed by atoms with van der Waals surface area (Å²) in [6, 6.07) is 22.1. The summed E-state index contributed by atoms with van der Waals surface area (Å²) >= 11 is 1.44. The minimum absolute atomic E-state index is 0.0498. The van der Waals surface area contributed by atoms with Crippen molar-refractivity contribution in [3.05, 3.63) is 89.5 Å². The van der Waals surface area contributed by atoms with Crippen LogP contribution in [0.4, 0.5) is 5.69 Å². The molecule has 4 aromatic rings. The van der Waals surface area contributed by atoms with E-state index in [1.807, 2.05) is 56.3 Å². The van der Waals surface area contributed by atoms with Gasteiger partial charge in [0, 0.05) is 35.7 Å². The lowest BCUT2D eigenvalue weighted by molar-refractivity contribution is 0.0772. The van der Waals surface area contributed by atoms with E-state index in [0.29, 0.717) is 40.9 Å². The third-order valence-electron chi connectivity index (χ3n) is 5.31. The number of nitrogens with zero attached hydrogens (tertiary/aromatic N) is 2. The van der Waals surface area contributed by atoms with Gasteiger partial charge in [-0.15, -0.1) is 0 Å². The molecule has 168 valence electrons. The second-order valence-corrected chi connectivity index (χ2v) is 8.33. The first-order valence-corrected chi connectivity index (χ1v) is 11.8. The van der Waals surface area contributed by atoms with Gasteiger partial charge in [-0.25, -0.2) is 4.98 Å². The fourth-order valence-corrected chi connectivity index (χ4v) is 4.38. The Labute approximate surface area is 197 Å². The van der Waals surface area contributed by atoms with E-state index < -0.39 is 0 Å². The van der Waals surface area contributed by atoms with E-state index in [-0.39, 0.29) is 11.8 Å². The first kappa shape index (κ1) is 22.6. The smallest absolute Gasteiger partial charge is 0.257 e. The maximum Gasteiger partial charge on any atom is 0.257 e. The molecule has 2 amide bonds. The molecule has 6 nitrogen and oxygen atoms in total. The number of carbonyl (C=O) groups excluding carboxylic acids is 2. The molecule has 0 saturated heterocycles. The fraction of sp³-hybridized carbons (Fsp3) is 0.192. The Balaban J connectivity index is 1.48. The first-order valence-electron chi connectivity index (χ1n) is 10.9. The number of carbonyl (C=O) groups is 2. The van der Waals surface area contributed by atoms with Crippen molar-refractivity contribution in [1.29, 1.82) is 0 Å². The first-order chi connectivity index (χ1) is 16.1. The van der Waals surface area contributed by atoms with Crippen LogP contribution in [0.2, 0.25) is 0 Å². The molecule has 7 heteroatoms. The Bertz CT molecular complexity index is 1250. The van der Waals surface area contributed by atoms with Crippen molar-refractivity contribution in [3.8, 4) is 0 Å². The van der Waals surface area contributed by atoms with Crippen molar-refractivity contribution in [2.45, 2.75) is 24.8 Å². The monoisotopic (exact) mass is 459 g/mol. The summed E-state index contributed by atoms with van der Waals surface area (Å²) in [6.07, 6.45) is 0. The molecule has 0 aliphatic carbocycles. The van der Waals surface area contributed by atoms with E-state index in [2.05, 4.69) is 10.3 Å². The van der Waals surface area contributed by atoms with Crippen molar-refractivity contribution >= 4 is 40.4 Å². The van der Waals surface area contributed by atoms with Crippen molar-refractivity contribution in [2.24, 2.45) is 0 Å². The zero-order valence-electron chi connectivity index (χ0n) is 18.6. The zero-order chi connectivity index (χ0) is 23.2. The Hall–Kier alpha value is -3.58. The summed E-state index contributed by atoms with van der Waals surface area (Å²) in [5.74, 6) is 0.263. The van der Waals surface area contributed by atoms with Gasteiger partial charge in [0.2, 0.25) is 0 Å². The normalized spacial score (nSPS) is 10.8. The fourth-order valence-electron chi connectivity index (χ4n) is 3.54. The highest BCUT2D eigenvalue weighted by Crippen LogP contribution is 2.27. The lowest BCUT2D eigenvalue weighted by Crippen LogP contribution is -2.30. The number of amides is 2. The number of fused-ring (bicyclic) bond motifs is 1. The maximum atomic E-state index is 13.1. The molecule has 33 heavy (non-hydrogen) atoms. The third kappa shape index (κ3) is 5.26. The van der Waals surface area contributed by atoms with Crippen LogP contribution in [-0.4, -0.2) is 34.8 Å². The number of thioether (sulfide) groups is 1. The molecular formula is C26H25N3O3S. The molecule has 1 aromatic heterocycles. The molecule has 0 fully saturated rings. The summed E-state index contributed by atoms with van der Waals surface area (Å²) in [5.41, 5.74) is 4.13. The van der Waals surface area contributed by atoms with Gasteiger partial charge in [-0.05, 0) is 55.8 Å². The zero-order valence-corrected chi connectivity index (χ0v) is 19.4. The topological polar surface area (TPSA) is 75.4 Å². The van der Waals surface area contributed by atoms with Crippen LogP contribution in [0.15, 0.2) is 82.4 Å². The minimum Gasteiger partial charge on any atom is -0.431 e. The molecule has 0 atom stereocenters. The number of rotatable bonds is 8. The van der Waals surface area contributed by atoms with Crippen molar-refractivity contribution < 1.29 is 14.0 Å². The molecule has 0 spiro atoms. The van der Waals surface area contributed by atoms with Crippen LogP contribution in [0.3, 0.4) is 0 Å². The molecule has 3 aromatic carbocycles. The number of hydrogen-bond donors (Lipinski definition) is 1. The average Bonchev–Trinajstić information content (AvgIpc) is 3.27. The molecule has 0 bridgehead atoms. The quantitative estimate of drug-likeness (QED) is 0.334. The van der Waals surface area contributed by atoms with Gasteiger partial charge in [0.25, 0.3) is 17.0 Å². The summed E-state index contributed by atoms with van der Waals surface area (Å²) in [5, 5.41) is 3.49. The molecule has 0 aliphatic rings.